The molecule has 0 aromatic rings. The molecule has 0 spiro atoms. The zero-order valence-electron chi connectivity index (χ0n) is 13.9. The Morgan fingerprint density at radius 2 is 2.00 bits per heavy atom. The minimum absolute atomic E-state index is 0.648. The maximum atomic E-state index is 5.65. The topological polar surface area (TPSA) is 24.5 Å². The van der Waals surface area contributed by atoms with Crippen molar-refractivity contribution >= 4 is 0 Å². The van der Waals surface area contributed by atoms with E-state index in [0.717, 1.165) is 37.6 Å². The van der Waals surface area contributed by atoms with E-state index < -0.39 is 0 Å². The van der Waals surface area contributed by atoms with Crippen molar-refractivity contribution in [1.82, 2.24) is 10.2 Å². The second kappa shape index (κ2) is 7.94. The third kappa shape index (κ3) is 4.00. The molecule has 21 heavy (non-hydrogen) atoms. The number of hydrogen-bond donors (Lipinski definition) is 1. The summed E-state index contributed by atoms with van der Waals surface area (Å²) in [4.78, 5) is 2.83. The molecule has 2 saturated heterocycles. The van der Waals surface area contributed by atoms with Crippen LogP contribution in [0.15, 0.2) is 0 Å². The molecule has 122 valence electrons. The molecule has 3 heteroatoms. The van der Waals surface area contributed by atoms with Gasteiger partial charge >= 0.3 is 0 Å². The summed E-state index contributed by atoms with van der Waals surface area (Å²) in [6, 6.07) is 1.54. The highest BCUT2D eigenvalue weighted by molar-refractivity contribution is 4.91. The second-order valence-electron chi connectivity index (χ2n) is 7.43. The molecule has 2 heterocycles. The van der Waals surface area contributed by atoms with Crippen LogP contribution in [-0.2, 0) is 4.74 Å². The van der Waals surface area contributed by atoms with Crippen LogP contribution in [0.25, 0.3) is 0 Å². The summed E-state index contributed by atoms with van der Waals surface area (Å²) in [6.07, 6.45) is 11.3. The third-order valence-corrected chi connectivity index (χ3v) is 5.98. The van der Waals surface area contributed by atoms with Crippen LogP contribution in [0.3, 0.4) is 0 Å². The molecule has 0 radical (unpaired) electrons. The van der Waals surface area contributed by atoms with E-state index in [2.05, 4.69) is 17.1 Å². The molecule has 0 aromatic heterocycles. The molecule has 3 rings (SSSR count). The van der Waals surface area contributed by atoms with Crippen molar-refractivity contribution in [3.63, 3.8) is 0 Å². The van der Waals surface area contributed by atoms with Gasteiger partial charge in [-0.05, 0) is 57.5 Å². The Balaban J connectivity index is 1.57. The maximum Gasteiger partial charge on any atom is 0.0510 e. The van der Waals surface area contributed by atoms with E-state index in [9.17, 15) is 0 Å². The number of rotatable bonds is 7. The van der Waals surface area contributed by atoms with Gasteiger partial charge in [-0.2, -0.15) is 0 Å². The first-order valence-electron chi connectivity index (χ1n) is 9.43. The lowest BCUT2D eigenvalue weighted by Gasteiger charge is -2.34. The second-order valence-corrected chi connectivity index (χ2v) is 7.43. The van der Waals surface area contributed by atoms with Crippen molar-refractivity contribution in [2.45, 2.75) is 70.4 Å². The fourth-order valence-electron chi connectivity index (χ4n) is 4.79. The fourth-order valence-corrected chi connectivity index (χ4v) is 4.79. The largest absolute Gasteiger partial charge is 0.381 e. The van der Waals surface area contributed by atoms with Crippen molar-refractivity contribution in [2.75, 3.05) is 32.8 Å². The lowest BCUT2D eigenvalue weighted by Crippen LogP contribution is -2.48. The average Bonchev–Trinajstić information content (AvgIpc) is 3.24. The number of likely N-dealkylation sites (tertiary alicyclic amines) is 1. The molecule has 1 aliphatic carbocycles. The Bertz CT molecular complexity index is 298. The van der Waals surface area contributed by atoms with E-state index in [4.69, 9.17) is 4.74 Å². The average molecular weight is 294 g/mol. The van der Waals surface area contributed by atoms with Gasteiger partial charge < -0.3 is 10.1 Å². The standard InChI is InChI=1S/C18H34N2O/c1-2-10-19-17(16-9-12-21-14-16)13-20-11-5-8-18(20)15-6-3-4-7-15/h15-19H,2-14H2,1H3. The van der Waals surface area contributed by atoms with Crippen molar-refractivity contribution < 1.29 is 4.74 Å². The Kier molecular flexibility index (Phi) is 5.96. The van der Waals surface area contributed by atoms with Crippen LogP contribution in [0.1, 0.15) is 58.3 Å². The Labute approximate surface area is 130 Å². The highest BCUT2D eigenvalue weighted by atomic mass is 16.5. The van der Waals surface area contributed by atoms with Crippen molar-refractivity contribution in [3.8, 4) is 0 Å². The number of hydrogen-bond acceptors (Lipinski definition) is 3. The molecule has 0 aromatic carbocycles. The molecule has 2 aliphatic heterocycles. The van der Waals surface area contributed by atoms with Gasteiger partial charge in [0, 0.05) is 31.2 Å². The zero-order valence-corrected chi connectivity index (χ0v) is 13.9. The Hall–Kier alpha value is -0.120. The van der Waals surface area contributed by atoms with Crippen LogP contribution in [0.5, 0.6) is 0 Å². The van der Waals surface area contributed by atoms with Gasteiger partial charge in [0.1, 0.15) is 0 Å². The highest BCUT2D eigenvalue weighted by Crippen LogP contribution is 2.35. The van der Waals surface area contributed by atoms with Gasteiger partial charge in [0.2, 0.25) is 0 Å². The summed E-state index contributed by atoms with van der Waals surface area (Å²) in [5.74, 6) is 1.74. The molecule has 0 bridgehead atoms. The van der Waals surface area contributed by atoms with Crippen molar-refractivity contribution in [2.24, 2.45) is 11.8 Å². The predicted molar refractivity (Wildman–Crippen MR) is 87.6 cm³/mol. The maximum absolute atomic E-state index is 5.65. The Morgan fingerprint density at radius 1 is 1.14 bits per heavy atom. The van der Waals surface area contributed by atoms with E-state index in [0.29, 0.717) is 6.04 Å². The molecule has 1 N–H and O–H groups in total. The predicted octanol–water partition coefficient (Wildman–Crippen LogP) is 3.05. The molecule has 3 fully saturated rings. The molecule has 3 atom stereocenters. The van der Waals surface area contributed by atoms with E-state index >= 15 is 0 Å². The van der Waals surface area contributed by atoms with Crippen LogP contribution in [-0.4, -0.2) is 49.8 Å². The van der Waals surface area contributed by atoms with Crippen LogP contribution in [0, 0.1) is 11.8 Å². The molecular weight excluding hydrogens is 260 g/mol. The van der Waals surface area contributed by atoms with E-state index in [1.165, 1.54) is 64.5 Å². The smallest absolute Gasteiger partial charge is 0.0510 e. The van der Waals surface area contributed by atoms with Crippen LogP contribution < -0.4 is 5.32 Å². The molecule has 3 unspecified atom stereocenters. The van der Waals surface area contributed by atoms with Gasteiger partial charge in [-0.3, -0.25) is 4.90 Å². The molecule has 0 amide bonds. The first kappa shape index (κ1) is 15.8. The van der Waals surface area contributed by atoms with Crippen LogP contribution in [0.4, 0.5) is 0 Å². The van der Waals surface area contributed by atoms with E-state index in [1.54, 1.807) is 0 Å². The fraction of sp³-hybridized carbons (Fsp3) is 1.00. The van der Waals surface area contributed by atoms with Gasteiger partial charge in [-0.15, -0.1) is 0 Å². The van der Waals surface area contributed by atoms with Gasteiger partial charge in [0.25, 0.3) is 0 Å². The summed E-state index contributed by atoms with van der Waals surface area (Å²) in [6.45, 7) is 7.97. The minimum atomic E-state index is 0.648. The summed E-state index contributed by atoms with van der Waals surface area (Å²) in [7, 11) is 0. The van der Waals surface area contributed by atoms with E-state index in [1.807, 2.05) is 0 Å². The number of ether oxygens (including phenoxy) is 1. The van der Waals surface area contributed by atoms with Gasteiger partial charge in [-0.25, -0.2) is 0 Å². The normalized spacial score (nSPS) is 33.0. The Morgan fingerprint density at radius 3 is 2.71 bits per heavy atom. The third-order valence-electron chi connectivity index (χ3n) is 5.98. The highest BCUT2D eigenvalue weighted by Gasteiger charge is 2.36. The molecule has 1 saturated carbocycles. The SMILES string of the molecule is CCCNC(CN1CCCC1C1CCCC1)C1CCOC1. The van der Waals surface area contributed by atoms with Crippen LogP contribution in [0.2, 0.25) is 0 Å². The summed E-state index contributed by atoms with van der Waals surface area (Å²) < 4.78 is 5.65. The van der Waals surface area contributed by atoms with E-state index in [-0.39, 0.29) is 0 Å². The number of nitrogens with zero attached hydrogens (tertiary/aromatic N) is 1. The van der Waals surface area contributed by atoms with Crippen LogP contribution >= 0.6 is 0 Å². The first-order chi connectivity index (χ1) is 10.4. The summed E-state index contributed by atoms with van der Waals surface area (Å²) >= 11 is 0. The van der Waals surface area contributed by atoms with Crippen molar-refractivity contribution in [1.29, 1.82) is 0 Å². The minimum Gasteiger partial charge on any atom is -0.381 e. The van der Waals surface area contributed by atoms with Gasteiger partial charge in [-0.1, -0.05) is 19.8 Å². The summed E-state index contributed by atoms with van der Waals surface area (Å²) in [5.41, 5.74) is 0. The van der Waals surface area contributed by atoms with Gasteiger partial charge in [0.05, 0.1) is 6.61 Å². The molecule has 3 aliphatic rings. The van der Waals surface area contributed by atoms with Gasteiger partial charge in [0.15, 0.2) is 0 Å². The monoisotopic (exact) mass is 294 g/mol. The van der Waals surface area contributed by atoms with Crippen molar-refractivity contribution in [3.05, 3.63) is 0 Å². The lowest BCUT2D eigenvalue weighted by molar-refractivity contribution is 0.138. The summed E-state index contributed by atoms with van der Waals surface area (Å²) in [5, 5.41) is 3.83. The molecule has 3 nitrogen and oxygen atoms in total. The number of nitrogens with one attached hydrogen (secondary N) is 1. The first-order valence-corrected chi connectivity index (χ1v) is 9.43. The zero-order chi connectivity index (χ0) is 14.5. The molecular formula is C18H34N2O. The quantitative estimate of drug-likeness (QED) is 0.781. The lowest BCUT2D eigenvalue weighted by atomic mass is 9.94.